The van der Waals surface area contributed by atoms with Crippen molar-refractivity contribution in [2.45, 2.75) is 15.9 Å². The van der Waals surface area contributed by atoms with Crippen molar-refractivity contribution in [3.05, 3.63) is 0 Å². The molecule has 0 aromatic carbocycles. The van der Waals surface area contributed by atoms with Gasteiger partial charge in [-0.1, -0.05) is 15.9 Å². The van der Waals surface area contributed by atoms with Crippen molar-refractivity contribution in [1.82, 2.24) is 0 Å². The molecule has 6 heteroatoms. The monoisotopic (exact) mass is 354 g/mol. The second-order valence-electron chi connectivity index (χ2n) is 7.70. The molecule has 2 spiro atoms. The Morgan fingerprint density at radius 3 is 1.86 bits per heavy atom. The molecule has 5 nitrogen and oxygen atoms in total. The number of carbonyl (C=O) groups is 1. The molecule has 2 heterocycles. The lowest BCUT2D eigenvalue weighted by atomic mass is 9.35. The van der Waals surface area contributed by atoms with Crippen LogP contribution in [0.5, 0.6) is 0 Å². The third kappa shape index (κ3) is 0.660. The van der Waals surface area contributed by atoms with Gasteiger partial charge in [-0.25, -0.2) is 0 Å². The Hall–Kier alpha value is -0.0100. The number of alkyl halides is 1. The van der Waals surface area contributed by atoms with Gasteiger partial charge in [0.15, 0.2) is 11.6 Å². The maximum atomic E-state index is 12.2. The van der Waals surface area contributed by atoms with E-state index in [0.29, 0.717) is 50.1 Å². The highest BCUT2D eigenvalue weighted by atomic mass is 79.9. The van der Waals surface area contributed by atoms with Crippen molar-refractivity contribution in [3.8, 4) is 0 Å². The van der Waals surface area contributed by atoms with E-state index in [1.165, 1.54) is 0 Å². The first-order valence-corrected chi connectivity index (χ1v) is 8.71. The Kier molecular flexibility index (Phi) is 1.52. The fourth-order valence-corrected chi connectivity index (χ4v) is 9.78. The quantitative estimate of drug-likeness (QED) is 0.508. The normalized spacial score (nSPS) is 68.0. The van der Waals surface area contributed by atoms with Crippen LogP contribution in [0.4, 0.5) is 0 Å². The van der Waals surface area contributed by atoms with E-state index in [1.807, 2.05) is 0 Å². The van der Waals surface area contributed by atoms with Gasteiger partial charge >= 0.3 is 0 Å². The summed E-state index contributed by atoms with van der Waals surface area (Å²) in [5.41, 5.74) is -0.440. The standard InChI is InChI=1S/C15H15BrO5/c16-13-8-6-9(13)11-10(15(13)20-3-4-21-15)7(8)12(6,5-17)14(11)18-1-2-19-14/h5-11H,1-4H2/t6-,7-,8-,9-,10-,11+,12-,13-/m0/s1. The second-order valence-corrected chi connectivity index (χ2v) is 9.01. The summed E-state index contributed by atoms with van der Waals surface area (Å²) >= 11 is 4.03. The van der Waals surface area contributed by atoms with Crippen LogP contribution in [0, 0.1) is 40.9 Å². The average Bonchev–Trinajstić information content (AvgIpc) is 3.24. The highest BCUT2D eigenvalue weighted by molar-refractivity contribution is 9.10. The van der Waals surface area contributed by atoms with Gasteiger partial charge in [0.2, 0.25) is 0 Å². The van der Waals surface area contributed by atoms with E-state index in [0.717, 1.165) is 6.29 Å². The lowest BCUT2D eigenvalue weighted by Crippen LogP contribution is -2.76. The topological polar surface area (TPSA) is 54.0 Å². The minimum absolute atomic E-state index is 0.119. The summed E-state index contributed by atoms with van der Waals surface area (Å²) in [5.74, 6) is 0.807. The van der Waals surface area contributed by atoms with Gasteiger partial charge in [0, 0.05) is 11.8 Å². The SMILES string of the molecule is O=C[C@]12[C@@H]3[C@H]4[C@H]([C@@H]5[C@@H]1[C@H]3[C@@]4(Br)C51OCCO1)C21OCCO1. The summed E-state index contributed by atoms with van der Waals surface area (Å²) in [6.07, 6.45) is 1.16. The summed E-state index contributed by atoms with van der Waals surface area (Å²) in [6.45, 7) is 2.49. The van der Waals surface area contributed by atoms with E-state index in [9.17, 15) is 4.79 Å². The van der Waals surface area contributed by atoms with Gasteiger partial charge in [-0.05, 0) is 23.7 Å². The van der Waals surface area contributed by atoms with Crippen LogP contribution < -0.4 is 0 Å². The van der Waals surface area contributed by atoms with Crippen molar-refractivity contribution in [2.24, 2.45) is 40.9 Å². The first-order valence-electron chi connectivity index (χ1n) is 7.92. The Labute approximate surface area is 129 Å². The molecule has 0 aromatic heterocycles. The van der Waals surface area contributed by atoms with Gasteiger partial charge in [-0.15, -0.1) is 0 Å². The van der Waals surface area contributed by atoms with Gasteiger partial charge in [0.25, 0.3) is 0 Å². The highest BCUT2D eigenvalue weighted by Gasteiger charge is 3.08. The molecule has 2 aliphatic heterocycles. The number of hydrogen-bond donors (Lipinski definition) is 0. The lowest BCUT2D eigenvalue weighted by molar-refractivity contribution is -0.278. The highest BCUT2D eigenvalue weighted by Crippen LogP contribution is 3.00. The lowest BCUT2D eigenvalue weighted by Gasteiger charge is -2.70. The van der Waals surface area contributed by atoms with Crippen LogP contribution >= 0.6 is 15.9 Å². The van der Waals surface area contributed by atoms with Crippen LogP contribution in [0.3, 0.4) is 0 Å². The van der Waals surface area contributed by atoms with Crippen LogP contribution in [0.25, 0.3) is 0 Å². The van der Waals surface area contributed by atoms with Gasteiger partial charge in [-0.2, -0.15) is 0 Å². The number of carbonyl (C=O) groups excluding carboxylic acids is 1. The third-order valence-corrected chi connectivity index (χ3v) is 9.65. The molecule has 21 heavy (non-hydrogen) atoms. The minimum Gasteiger partial charge on any atom is -0.346 e. The van der Waals surface area contributed by atoms with E-state index >= 15 is 0 Å². The predicted octanol–water partition coefficient (Wildman–Crippen LogP) is 0.557. The van der Waals surface area contributed by atoms with E-state index in [4.69, 9.17) is 18.9 Å². The van der Waals surface area contributed by atoms with Gasteiger partial charge < -0.3 is 23.7 Å². The largest absolute Gasteiger partial charge is 0.346 e. The fraction of sp³-hybridized carbons (Fsp3) is 0.933. The van der Waals surface area contributed by atoms with Crippen LogP contribution in [-0.2, 0) is 23.7 Å². The fourth-order valence-electron chi connectivity index (χ4n) is 8.15. The number of ether oxygens (including phenoxy) is 4. The molecule has 0 amide bonds. The zero-order valence-corrected chi connectivity index (χ0v) is 12.9. The number of aldehydes is 1. The molecule has 6 saturated carbocycles. The molecule has 0 aromatic rings. The predicted molar refractivity (Wildman–Crippen MR) is 70.4 cm³/mol. The number of halogens is 1. The number of hydrogen-bond acceptors (Lipinski definition) is 5. The Morgan fingerprint density at radius 1 is 0.762 bits per heavy atom. The Bertz CT molecular complexity index is 611. The summed E-state index contributed by atoms with van der Waals surface area (Å²) in [5, 5.41) is 0. The molecule has 0 unspecified atom stereocenters. The molecule has 4 bridgehead atoms. The molecule has 0 N–H and O–H groups in total. The smallest absolute Gasteiger partial charge is 0.188 e. The van der Waals surface area contributed by atoms with Crippen LogP contribution in [0.1, 0.15) is 0 Å². The first kappa shape index (κ1) is 11.5. The van der Waals surface area contributed by atoms with Crippen molar-refractivity contribution in [1.29, 1.82) is 0 Å². The molecule has 6 aliphatic carbocycles. The third-order valence-electron chi connectivity index (χ3n) is 8.04. The zero-order valence-electron chi connectivity index (χ0n) is 11.3. The van der Waals surface area contributed by atoms with Crippen LogP contribution in [0.15, 0.2) is 0 Å². The molecule has 0 radical (unpaired) electrons. The van der Waals surface area contributed by atoms with Gasteiger partial charge in [-0.3, -0.25) is 0 Å². The van der Waals surface area contributed by atoms with Crippen molar-refractivity contribution in [2.75, 3.05) is 26.4 Å². The zero-order chi connectivity index (χ0) is 13.8. The molecule has 8 fully saturated rings. The average molecular weight is 355 g/mol. The summed E-state index contributed by atoms with van der Waals surface area (Å²) < 4.78 is 24.5. The van der Waals surface area contributed by atoms with Crippen LogP contribution in [0.2, 0.25) is 0 Å². The molecule has 2 saturated heterocycles. The van der Waals surface area contributed by atoms with E-state index in [2.05, 4.69) is 15.9 Å². The Morgan fingerprint density at radius 2 is 1.24 bits per heavy atom. The maximum Gasteiger partial charge on any atom is 0.188 e. The first-order chi connectivity index (χ1) is 10.2. The molecule has 8 rings (SSSR count). The summed E-state index contributed by atoms with van der Waals surface area (Å²) in [4.78, 5) is 12.2. The Balaban J connectivity index is 1.54. The molecule has 112 valence electrons. The molecular weight excluding hydrogens is 340 g/mol. The van der Waals surface area contributed by atoms with Crippen molar-refractivity contribution >= 4 is 22.2 Å². The molecular formula is C15H15BrO5. The van der Waals surface area contributed by atoms with Gasteiger partial charge in [0.1, 0.15) is 6.29 Å². The minimum atomic E-state index is -0.690. The maximum absolute atomic E-state index is 12.2. The van der Waals surface area contributed by atoms with Crippen molar-refractivity contribution in [3.63, 3.8) is 0 Å². The summed E-state index contributed by atoms with van der Waals surface area (Å²) in [6, 6.07) is 0. The molecule has 8 atom stereocenters. The van der Waals surface area contributed by atoms with Crippen LogP contribution in [-0.4, -0.2) is 48.6 Å². The van der Waals surface area contributed by atoms with Crippen molar-refractivity contribution < 1.29 is 23.7 Å². The van der Waals surface area contributed by atoms with E-state index in [-0.39, 0.29) is 16.2 Å². The second kappa shape index (κ2) is 2.77. The van der Waals surface area contributed by atoms with E-state index in [1.54, 1.807) is 0 Å². The van der Waals surface area contributed by atoms with Gasteiger partial charge in [0.05, 0.1) is 36.2 Å². The molecule has 8 aliphatic rings. The number of rotatable bonds is 1. The van der Waals surface area contributed by atoms with E-state index < -0.39 is 17.0 Å². The summed E-state index contributed by atoms with van der Waals surface area (Å²) in [7, 11) is 0.